The number of hydrogen-bond donors (Lipinski definition) is 1. The van der Waals surface area contributed by atoms with Gasteiger partial charge in [-0.3, -0.25) is 9.69 Å². The number of hydrogen-bond acceptors (Lipinski definition) is 5. The van der Waals surface area contributed by atoms with Gasteiger partial charge in [0.2, 0.25) is 5.91 Å². The Kier molecular flexibility index (Phi) is 9.31. The summed E-state index contributed by atoms with van der Waals surface area (Å²) in [7, 11) is 2.18. The molecule has 1 N–H and O–H groups in total. The van der Waals surface area contributed by atoms with E-state index in [4.69, 9.17) is 10.5 Å². The van der Waals surface area contributed by atoms with Crippen molar-refractivity contribution in [2.45, 2.75) is 57.5 Å². The van der Waals surface area contributed by atoms with E-state index in [0.29, 0.717) is 19.1 Å². The molecule has 0 aromatic heterocycles. The summed E-state index contributed by atoms with van der Waals surface area (Å²) in [6, 6.07) is 12.9. The first-order valence-electron chi connectivity index (χ1n) is 10.2. The Morgan fingerprint density at radius 3 is 2.39 bits per heavy atom. The predicted octanol–water partition coefficient (Wildman–Crippen LogP) is 3.52. The van der Waals surface area contributed by atoms with Crippen LogP contribution in [0.4, 0.5) is 5.69 Å². The number of carbonyl (C=O) groups excluding carboxylic acids is 1. The van der Waals surface area contributed by atoms with E-state index in [-0.39, 0.29) is 25.3 Å². The second-order valence-corrected chi connectivity index (χ2v) is 7.41. The van der Waals surface area contributed by atoms with Gasteiger partial charge in [0.05, 0.1) is 31.5 Å². The van der Waals surface area contributed by atoms with Crippen molar-refractivity contribution in [3.8, 4) is 12.1 Å². The molecule has 150 valence electrons. The van der Waals surface area contributed by atoms with Gasteiger partial charge in [-0.1, -0.05) is 37.5 Å². The number of nitrogens with one attached hydrogen (secondary N) is 1. The standard InChI is InChI=1S/C22H31N5O/c1-26(20-10-3-2-4-11-20)18-19-9-5-6-12-21(19)25-17-22(28)27(15-7-13-23)16-8-14-24/h5-6,9,12,20,25H,2-4,7-8,10-11,15-18H2,1H3. The highest BCUT2D eigenvalue weighted by Gasteiger charge is 2.19. The fourth-order valence-corrected chi connectivity index (χ4v) is 3.76. The third kappa shape index (κ3) is 6.87. The molecule has 1 aliphatic carbocycles. The second-order valence-electron chi connectivity index (χ2n) is 7.41. The van der Waals surface area contributed by atoms with Crippen molar-refractivity contribution in [3.63, 3.8) is 0 Å². The van der Waals surface area contributed by atoms with Crippen molar-refractivity contribution in [1.29, 1.82) is 10.5 Å². The molecule has 0 radical (unpaired) electrons. The first-order chi connectivity index (χ1) is 13.7. The van der Waals surface area contributed by atoms with E-state index in [1.807, 2.05) is 18.2 Å². The lowest BCUT2D eigenvalue weighted by Gasteiger charge is -2.31. The normalized spacial score (nSPS) is 14.3. The molecule has 6 heteroatoms. The van der Waals surface area contributed by atoms with Crippen LogP contribution in [0.5, 0.6) is 0 Å². The lowest BCUT2D eigenvalue weighted by Crippen LogP contribution is -2.37. The summed E-state index contributed by atoms with van der Waals surface area (Å²) < 4.78 is 0. The average Bonchev–Trinajstić information content (AvgIpc) is 2.73. The Bertz CT molecular complexity index is 682. The van der Waals surface area contributed by atoms with Crippen LogP contribution < -0.4 is 5.32 Å². The first-order valence-corrected chi connectivity index (χ1v) is 10.2. The highest BCUT2D eigenvalue weighted by Crippen LogP contribution is 2.24. The van der Waals surface area contributed by atoms with Gasteiger partial charge in [-0.2, -0.15) is 10.5 Å². The summed E-state index contributed by atoms with van der Waals surface area (Å²) >= 11 is 0. The average molecular weight is 382 g/mol. The van der Waals surface area contributed by atoms with Crippen LogP contribution in [0.1, 0.15) is 50.5 Å². The first kappa shape index (κ1) is 21.7. The molecule has 0 heterocycles. The SMILES string of the molecule is CN(Cc1ccccc1NCC(=O)N(CCC#N)CCC#N)C1CCCCC1. The van der Waals surface area contributed by atoms with Crippen LogP contribution in [0.15, 0.2) is 24.3 Å². The maximum absolute atomic E-state index is 12.5. The molecule has 6 nitrogen and oxygen atoms in total. The molecule has 0 saturated heterocycles. The monoisotopic (exact) mass is 381 g/mol. The van der Waals surface area contributed by atoms with Gasteiger partial charge in [-0.05, 0) is 31.5 Å². The van der Waals surface area contributed by atoms with Gasteiger partial charge in [-0.25, -0.2) is 0 Å². The van der Waals surface area contributed by atoms with Crippen molar-refractivity contribution in [2.24, 2.45) is 0 Å². The molecule has 0 aliphatic heterocycles. The molecule has 1 amide bonds. The fraction of sp³-hybridized carbons (Fsp3) is 0.591. The van der Waals surface area contributed by atoms with E-state index in [1.165, 1.54) is 37.7 Å². The largest absolute Gasteiger partial charge is 0.376 e. The Morgan fingerprint density at radius 1 is 1.11 bits per heavy atom. The fourth-order valence-electron chi connectivity index (χ4n) is 3.76. The van der Waals surface area contributed by atoms with Crippen molar-refractivity contribution < 1.29 is 4.79 Å². The summed E-state index contributed by atoms with van der Waals surface area (Å²) in [6.45, 7) is 1.76. The van der Waals surface area contributed by atoms with E-state index in [9.17, 15) is 4.79 Å². The molecule has 1 aromatic carbocycles. The van der Waals surface area contributed by atoms with Crippen LogP contribution in [-0.2, 0) is 11.3 Å². The van der Waals surface area contributed by atoms with Gasteiger partial charge in [0.15, 0.2) is 0 Å². The van der Waals surface area contributed by atoms with Crippen molar-refractivity contribution >= 4 is 11.6 Å². The Hall–Kier alpha value is -2.57. The van der Waals surface area contributed by atoms with E-state index in [2.05, 4.69) is 35.5 Å². The number of nitriles is 2. The zero-order valence-corrected chi connectivity index (χ0v) is 16.9. The molecule has 2 rings (SSSR count). The third-order valence-electron chi connectivity index (χ3n) is 5.40. The number of carbonyl (C=O) groups is 1. The molecular weight excluding hydrogens is 350 g/mol. The molecule has 0 unspecified atom stereocenters. The predicted molar refractivity (Wildman–Crippen MR) is 110 cm³/mol. The van der Waals surface area contributed by atoms with E-state index in [0.717, 1.165) is 12.2 Å². The highest BCUT2D eigenvalue weighted by molar-refractivity contribution is 5.81. The Balaban J connectivity index is 1.95. The molecular formula is C22H31N5O. The Morgan fingerprint density at radius 2 is 1.75 bits per heavy atom. The molecule has 1 saturated carbocycles. The van der Waals surface area contributed by atoms with E-state index >= 15 is 0 Å². The minimum atomic E-state index is -0.0825. The topological polar surface area (TPSA) is 83.2 Å². The number of para-hydroxylation sites is 1. The quantitative estimate of drug-likeness (QED) is 0.670. The minimum Gasteiger partial charge on any atom is -0.376 e. The van der Waals surface area contributed by atoms with Crippen molar-refractivity contribution in [1.82, 2.24) is 9.80 Å². The summed E-state index contributed by atoms with van der Waals surface area (Å²) in [5.74, 6) is -0.0825. The van der Waals surface area contributed by atoms with Gasteiger partial charge in [0.1, 0.15) is 0 Å². The third-order valence-corrected chi connectivity index (χ3v) is 5.40. The van der Waals surface area contributed by atoms with Gasteiger partial charge in [-0.15, -0.1) is 0 Å². The summed E-state index contributed by atoms with van der Waals surface area (Å²) in [5.41, 5.74) is 2.16. The zero-order valence-electron chi connectivity index (χ0n) is 16.9. The van der Waals surface area contributed by atoms with Crippen LogP contribution >= 0.6 is 0 Å². The highest BCUT2D eigenvalue weighted by atomic mass is 16.2. The molecule has 1 aliphatic rings. The van der Waals surface area contributed by atoms with Gasteiger partial charge < -0.3 is 10.2 Å². The van der Waals surface area contributed by atoms with Crippen LogP contribution in [0.3, 0.4) is 0 Å². The minimum absolute atomic E-state index is 0.0825. The smallest absolute Gasteiger partial charge is 0.241 e. The number of anilines is 1. The lowest BCUT2D eigenvalue weighted by molar-refractivity contribution is -0.129. The molecule has 0 spiro atoms. The number of benzene rings is 1. The van der Waals surface area contributed by atoms with Crippen LogP contribution in [0.25, 0.3) is 0 Å². The summed E-state index contributed by atoms with van der Waals surface area (Å²) in [6.07, 6.45) is 7.04. The molecule has 0 bridgehead atoms. The number of amides is 1. The molecule has 0 atom stereocenters. The van der Waals surface area contributed by atoms with E-state index < -0.39 is 0 Å². The van der Waals surface area contributed by atoms with Crippen molar-refractivity contribution in [2.75, 3.05) is 32.0 Å². The molecule has 28 heavy (non-hydrogen) atoms. The lowest BCUT2D eigenvalue weighted by atomic mass is 9.94. The van der Waals surface area contributed by atoms with Crippen LogP contribution in [-0.4, -0.2) is 48.4 Å². The maximum Gasteiger partial charge on any atom is 0.241 e. The van der Waals surface area contributed by atoms with Gasteiger partial charge in [0, 0.05) is 31.4 Å². The maximum atomic E-state index is 12.5. The summed E-state index contributed by atoms with van der Waals surface area (Å²) in [4.78, 5) is 16.6. The zero-order chi connectivity index (χ0) is 20.2. The summed E-state index contributed by atoms with van der Waals surface area (Å²) in [5, 5.41) is 20.8. The van der Waals surface area contributed by atoms with Crippen LogP contribution in [0.2, 0.25) is 0 Å². The van der Waals surface area contributed by atoms with E-state index in [1.54, 1.807) is 4.90 Å². The molecule has 1 fully saturated rings. The molecule has 1 aromatic rings. The number of rotatable bonds is 10. The Labute approximate surface area is 168 Å². The van der Waals surface area contributed by atoms with Crippen molar-refractivity contribution in [3.05, 3.63) is 29.8 Å². The second kappa shape index (κ2) is 12.0. The number of nitrogens with zero attached hydrogens (tertiary/aromatic N) is 4. The van der Waals surface area contributed by atoms with Crippen LogP contribution in [0, 0.1) is 22.7 Å². The van der Waals surface area contributed by atoms with Gasteiger partial charge >= 0.3 is 0 Å². The van der Waals surface area contributed by atoms with Gasteiger partial charge in [0.25, 0.3) is 0 Å².